The van der Waals surface area contributed by atoms with Gasteiger partial charge in [0.25, 0.3) is 0 Å². The van der Waals surface area contributed by atoms with E-state index in [2.05, 4.69) is 35.4 Å². The van der Waals surface area contributed by atoms with Crippen molar-refractivity contribution in [2.45, 2.75) is 45.1 Å². The smallest absolute Gasteiger partial charge is 0.226 e. The number of hydrogen-bond donors (Lipinski definition) is 2. The van der Waals surface area contributed by atoms with Crippen molar-refractivity contribution in [3.05, 3.63) is 47.3 Å². The van der Waals surface area contributed by atoms with Gasteiger partial charge in [0.2, 0.25) is 5.91 Å². The van der Waals surface area contributed by atoms with E-state index >= 15 is 0 Å². The zero-order valence-corrected chi connectivity index (χ0v) is 13.8. The number of nitrogens with one attached hydrogen (secondary N) is 2. The molecule has 0 fully saturated rings. The van der Waals surface area contributed by atoms with E-state index < -0.39 is 0 Å². The predicted molar refractivity (Wildman–Crippen MR) is 88.5 cm³/mol. The van der Waals surface area contributed by atoms with Crippen LogP contribution in [0.25, 0.3) is 0 Å². The molecule has 1 aromatic carbocycles. The summed E-state index contributed by atoms with van der Waals surface area (Å²) in [6.07, 6.45) is 1.18. The van der Waals surface area contributed by atoms with Crippen LogP contribution in [0.3, 0.4) is 0 Å². The Balaban J connectivity index is 1.64. The number of aryl methyl sites for hydroxylation is 1. The maximum Gasteiger partial charge on any atom is 0.226 e. The molecule has 23 heavy (non-hydrogen) atoms. The fourth-order valence-electron chi connectivity index (χ4n) is 3.16. The lowest BCUT2D eigenvalue weighted by molar-refractivity contribution is -0.120. The van der Waals surface area contributed by atoms with Crippen molar-refractivity contribution in [3.8, 4) is 5.75 Å². The van der Waals surface area contributed by atoms with Crippen LogP contribution in [0.1, 0.15) is 43.1 Å². The average Bonchev–Trinajstić information content (AvgIpc) is 2.88. The highest BCUT2D eigenvalue weighted by Gasteiger charge is 2.33. The Morgan fingerprint density at radius 2 is 2.22 bits per heavy atom. The summed E-state index contributed by atoms with van der Waals surface area (Å²) in [5.74, 6) is 1.18. The van der Waals surface area contributed by atoms with Crippen LogP contribution in [0.4, 0.5) is 0 Å². The van der Waals surface area contributed by atoms with Crippen molar-refractivity contribution in [1.29, 1.82) is 0 Å². The molecule has 5 nitrogen and oxygen atoms in total. The lowest BCUT2D eigenvalue weighted by Gasteiger charge is -2.37. The SMILES string of the molecule is Cc1cc(CC(=O)NCC2CC(C)(C)Oc3ccccc32)n[nH]1. The van der Waals surface area contributed by atoms with Gasteiger partial charge >= 0.3 is 0 Å². The van der Waals surface area contributed by atoms with Gasteiger partial charge in [-0.1, -0.05) is 18.2 Å². The van der Waals surface area contributed by atoms with Gasteiger partial charge in [-0.2, -0.15) is 5.10 Å². The topological polar surface area (TPSA) is 67.0 Å². The number of amides is 1. The van der Waals surface area contributed by atoms with Crippen LogP contribution in [-0.4, -0.2) is 28.3 Å². The molecule has 1 aliphatic heterocycles. The minimum atomic E-state index is -0.219. The van der Waals surface area contributed by atoms with E-state index in [1.807, 2.05) is 31.2 Å². The summed E-state index contributed by atoms with van der Waals surface area (Å²) < 4.78 is 6.03. The highest BCUT2D eigenvalue weighted by atomic mass is 16.5. The van der Waals surface area contributed by atoms with Gasteiger partial charge in [0.05, 0.1) is 12.1 Å². The number of nitrogens with zero attached hydrogens (tertiary/aromatic N) is 1. The van der Waals surface area contributed by atoms with Gasteiger partial charge in [0, 0.05) is 18.2 Å². The third-order valence-corrected chi connectivity index (χ3v) is 4.13. The molecule has 0 saturated carbocycles. The Labute approximate surface area is 136 Å². The number of rotatable bonds is 4. The molecule has 0 spiro atoms. The minimum absolute atomic E-state index is 0.00159. The van der Waals surface area contributed by atoms with E-state index in [0.717, 1.165) is 23.6 Å². The summed E-state index contributed by atoms with van der Waals surface area (Å²) in [7, 11) is 0. The van der Waals surface area contributed by atoms with Crippen LogP contribution in [0, 0.1) is 6.92 Å². The number of benzene rings is 1. The number of H-pyrrole nitrogens is 1. The molecule has 1 amide bonds. The summed E-state index contributed by atoms with van der Waals surface area (Å²) in [5, 5.41) is 10.0. The van der Waals surface area contributed by atoms with E-state index in [1.54, 1.807) is 0 Å². The Kier molecular flexibility index (Phi) is 4.11. The van der Waals surface area contributed by atoms with Crippen LogP contribution in [-0.2, 0) is 11.2 Å². The molecule has 2 heterocycles. The molecular formula is C18H23N3O2. The molecule has 0 radical (unpaired) electrons. The summed E-state index contributed by atoms with van der Waals surface area (Å²) in [6, 6.07) is 9.97. The van der Waals surface area contributed by atoms with Crippen molar-refractivity contribution in [3.63, 3.8) is 0 Å². The molecule has 0 saturated heterocycles. The maximum atomic E-state index is 12.1. The number of fused-ring (bicyclic) bond motifs is 1. The van der Waals surface area contributed by atoms with E-state index in [4.69, 9.17) is 4.74 Å². The van der Waals surface area contributed by atoms with E-state index in [1.165, 1.54) is 5.56 Å². The molecule has 0 aliphatic carbocycles. The van der Waals surface area contributed by atoms with Crippen LogP contribution < -0.4 is 10.1 Å². The van der Waals surface area contributed by atoms with Crippen molar-refractivity contribution in [2.75, 3.05) is 6.54 Å². The number of carbonyl (C=O) groups excluding carboxylic acids is 1. The number of aromatic nitrogens is 2. The highest BCUT2D eigenvalue weighted by molar-refractivity contribution is 5.78. The molecule has 3 rings (SSSR count). The van der Waals surface area contributed by atoms with Crippen LogP contribution in [0.15, 0.2) is 30.3 Å². The van der Waals surface area contributed by atoms with Gasteiger partial charge in [-0.15, -0.1) is 0 Å². The molecule has 1 aliphatic rings. The molecule has 5 heteroatoms. The first kappa shape index (κ1) is 15.6. The monoisotopic (exact) mass is 313 g/mol. The van der Waals surface area contributed by atoms with Crippen LogP contribution in [0.5, 0.6) is 5.75 Å². The Bertz CT molecular complexity index is 706. The third-order valence-electron chi connectivity index (χ3n) is 4.13. The quantitative estimate of drug-likeness (QED) is 0.912. The largest absolute Gasteiger partial charge is 0.488 e. The summed E-state index contributed by atoms with van der Waals surface area (Å²) >= 11 is 0. The first-order valence-electron chi connectivity index (χ1n) is 7.98. The van der Waals surface area contributed by atoms with E-state index in [-0.39, 0.29) is 17.4 Å². The fourth-order valence-corrected chi connectivity index (χ4v) is 3.16. The van der Waals surface area contributed by atoms with Crippen LogP contribution in [0.2, 0.25) is 0 Å². The Hall–Kier alpha value is -2.30. The molecule has 1 atom stereocenters. The molecular weight excluding hydrogens is 290 g/mol. The van der Waals surface area contributed by atoms with Crippen molar-refractivity contribution in [2.24, 2.45) is 0 Å². The number of carbonyl (C=O) groups is 1. The Morgan fingerprint density at radius 1 is 1.43 bits per heavy atom. The van der Waals surface area contributed by atoms with E-state index in [0.29, 0.717) is 13.0 Å². The second-order valence-electron chi connectivity index (χ2n) is 6.82. The molecule has 1 aromatic heterocycles. The summed E-state index contributed by atoms with van der Waals surface area (Å²) in [5.41, 5.74) is 2.69. The standard InChI is InChI=1S/C18H23N3O2/c1-12-8-14(21-20-12)9-17(22)19-11-13-10-18(2,3)23-16-7-5-4-6-15(13)16/h4-8,13H,9-11H2,1-3H3,(H,19,22)(H,20,21). The minimum Gasteiger partial charge on any atom is -0.488 e. The second-order valence-corrected chi connectivity index (χ2v) is 6.82. The van der Waals surface area contributed by atoms with Gasteiger partial charge in [-0.05, 0) is 44.9 Å². The molecule has 2 N–H and O–H groups in total. The predicted octanol–water partition coefficient (Wildman–Crippen LogP) is 2.72. The summed E-state index contributed by atoms with van der Waals surface area (Å²) in [4.78, 5) is 12.1. The normalized spacial score (nSPS) is 18.8. The number of para-hydroxylation sites is 1. The summed E-state index contributed by atoms with van der Waals surface area (Å²) in [6.45, 7) is 6.72. The van der Waals surface area contributed by atoms with Gasteiger partial charge in [0.1, 0.15) is 11.4 Å². The molecule has 122 valence electrons. The molecule has 0 bridgehead atoms. The number of ether oxygens (including phenoxy) is 1. The Morgan fingerprint density at radius 3 is 2.96 bits per heavy atom. The zero-order valence-electron chi connectivity index (χ0n) is 13.8. The van der Waals surface area contributed by atoms with Gasteiger partial charge in [-0.25, -0.2) is 0 Å². The van der Waals surface area contributed by atoms with Crippen LogP contribution >= 0.6 is 0 Å². The first-order chi connectivity index (χ1) is 10.9. The van der Waals surface area contributed by atoms with E-state index in [9.17, 15) is 4.79 Å². The van der Waals surface area contributed by atoms with Gasteiger partial charge in [0.15, 0.2) is 0 Å². The lowest BCUT2D eigenvalue weighted by Crippen LogP contribution is -2.39. The number of aromatic amines is 1. The van der Waals surface area contributed by atoms with Crippen molar-refractivity contribution in [1.82, 2.24) is 15.5 Å². The van der Waals surface area contributed by atoms with Crippen molar-refractivity contribution >= 4 is 5.91 Å². The average molecular weight is 313 g/mol. The first-order valence-corrected chi connectivity index (χ1v) is 7.98. The van der Waals surface area contributed by atoms with Crippen molar-refractivity contribution < 1.29 is 9.53 Å². The highest BCUT2D eigenvalue weighted by Crippen LogP contribution is 2.40. The third kappa shape index (κ3) is 3.73. The number of hydrogen-bond acceptors (Lipinski definition) is 3. The fraction of sp³-hybridized carbons (Fsp3) is 0.444. The molecule has 1 unspecified atom stereocenters. The van der Waals surface area contributed by atoms with Gasteiger partial charge < -0.3 is 10.1 Å². The van der Waals surface area contributed by atoms with Gasteiger partial charge in [-0.3, -0.25) is 9.89 Å². The maximum absolute atomic E-state index is 12.1. The second kappa shape index (κ2) is 6.07. The molecule has 2 aromatic rings. The lowest BCUT2D eigenvalue weighted by atomic mass is 9.84. The zero-order chi connectivity index (χ0) is 16.4.